The Labute approximate surface area is 312 Å². The first kappa shape index (κ1) is 35.2. The molecule has 4 aromatic heterocycles. The normalized spacial score (nSPS) is 11.2. The van der Waals surface area contributed by atoms with E-state index >= 15 is 0 Å². The van der Waals surface area contributed by atoms with E-state index in [0.717, 1.165) is 33.3 Å². The number of phenolic OH excluding ortho intramolecular Hbond substituents is 2. The molecular weight excluding hydrogens is 713 g/mol. The number of carbonyl (C=O) groups excluding carboxylic acids is 2. The molecule has 0 fully saturated rings. The molecule has 0 bridgehead atoms. The van der Waals surface area contributed by atoms with Gasteiger partial charge in [-0.2, -0.15) is 10.2 Å². The van der Waals surface area contributed by atoms with Crippen LogP contribution in [0.2, 0.25) is 0 Å². The number of phenols is 2. The number of hydrogen-bond donors (Lipinski definition) is 6. The fourth-order valence-electron chi connectivity index (χ4n) is 5.92. The molecule has 6 N–H and O–H groups in total. The molecule has 0 aliphatic heterocycles. The van der Waals surface area contributed by atoms with Crippen LogP contribution in [0, 0.1) is 34.6 Å². The van der Waals surface area contributed by atoms with E-state index in [1.165, 1.54) is 35.1 Å². The third-order valence-corrected chi connectivity index (χ3v) is 10.7. The Morgan fingerprint density at radius 2 is 1.30 bits per heavy atom. The zero-order chi connectivity index (χ0) is 37.6. The van der Waals surface area contributed by atoms with E-state index in [1.807, 2.05) is 56.8 Å². The number of fused-ring (bicyclic) bond motifs is 1. The number of anilines is 6. The van der Waals surface area contributed by atoms with Crippen molar-refractivity contribution in [3.63, 3.8) is 0 Å². The van der Waals surface area contributed by atoms with Gasteiger partial charge in [0.05, 0.1) is 41.5 Å². The van der Waals surface area contributed by atoms with Gasteiger partial charge < -0.3 is 31.5 Å². The molecule has 4 heterocycles. The minimum atomic E-state index is -0.318. The van der Waals surface area contributed by atoms with Crippen LogP contribution < -0.4 is 21.3 Å². The quantitative estimate of drug-likeness (QED) is 0.0811. The van der Waals surface area contributed by atoms with Gasteiger partial charge in [0, 0.05) is 29.6 Å². The molecule has 0 radical (unpaired) electrons. The highest BCUT2D eigenvalue weighted by atomic mass is 32.1. The first-order valence-electron chi connectivity index (χ1n) is 16.5. The van der Waals surface area contributed by atoms with Crippen LogP contribution in [-0.2, 0) is 13.6 Å². The molecule has 270 valence electrons. The number of amides is 2. The smallest absolute Gasteiger partial charge is 0.267 e. The van der Waals surface area contributed by atoms with Gasteiger partial charge in [-0.3, -0.25) is 14.3 Å². The number of rotatable bonds is 10. The van der Waals surface area contributed by atoms with Crippen molar-refractivity contribution in [3.8, 4) is 11.5 Å². The number of carbonyl (C=O) groups is 2. The van der Waals surface area contributed by atoms with Crippen LogP contribution in [-0.4, -0.2) is 51.6 Å². The molecule has 2 amide bonds. The highest BCUT2D eigenvalue weighted by Crippen LogP contribution is 2.33. The monoisotopic (exact) mass is 748 g/mol. The Bertz CT molecular complexity index is 2550. The maximum absolute atomic E-state index is 13.1. The summed E-state index contributed by atoms with van der Waals surface area (Å²) in [5, 5.41) is 43.8. The Balaban J connectivity index is 1.03. The second kappa shape index (κ2) is 14.0. The molecule has 0 atom stereocenters. The number of thiazole rings is 2. The van der Waals surface area contributed by atoms with Crippen LogP contribution in [0.15, 0.2) is 60.9 Å². The van der Waals surface area contributed by atoms with Crippen molar-refractivity contribution < 1.29 is 19.8 Å². The SMILES string of the molecule is Cc1cc(Nc2ncc(C(=O)Nc3c(C)ccc(O)c3C)s2)n(Cc2ccc3c(Nc4ncc(C(=O)Nc5c(C)ccc(O)c5C)s4)nn(C)c3c2)n1. The van der Waals surface area contributed by atoms with Gasteiger partial charge in [0.15, 0.2) is 16.1 Å². The Morgan fingerprint density at radius 1 is 0.736 bits per heavy atom. The Kier molecular flexibility index (Phi) is 9.32. The molecule has 0 aliphatic carbocycles. The predicted octanol–water partition coefficient (Wildman–Crippen LogP) is 7.68. The van der Waals surface area contributed by atoms with E-state index in [0.29, 0.717) is 60.7 Å². The largest absolute Gasteiger partial charge is 0.508 e. The van der Waals surface area contributed by atoms with E-state index in [-0.39, 0.29) is 23.3 Å². The highest BCUT2D eigenvalue weighted by molar-refractivity contribution is 7.18. The number of nitrogens with one attached hydrogen (secondary N) is 4. The second-order valence-electron chi connectivity index (χ2n) is 12.7. The van der Waals surface area contributed by atoms with Crippen molar-refractivity contribution in [3.05, 3.63) is 104 Å². The van der Waals surface area contributed by atoms with Crippen molar-refractivity contribution in [1.82, 2.24) is 29.5 Å². The Hall–Kier alpha value is -6.26. The predicted molar refractivity (Wildman–Crippen MR) is 209 cm³/mol. The van der Waals surface area contributed by atoms with Gasteiger partial charge in [0.25, 0.3) is 11.8 Å². The van der Waals surface area contributed by atoms with E-state index in [1.54, 1.807) is 42.8 Å². The number of aromatic nitrogens is 6. The summed E-state index contributed by atoms with van der Waals surface area (Å²) in [5.74, 6) is 0.920. The summed E-state index contributed by atoms with van der Waals surface area (Å²) in [6, 6.07) is 14.7. The molecular formula is C37H36N10O4S2. The van der Waals surface area contributed by atoms with Crippen LogP contribution in [0.4, 0.5) is 33.3 Å². The van der Waals surface area contributed by atoms with Crippen LogP contribution in [0.5, 0.6) is 11.5 Å². The van der Waals surface area contributed by atoms with E-state index in [2.05, 4.69) is 41.4 Å². The lowest BCUT2D eigenvalue weighted by atomic mass is 10.1. The summed E-state index contributed by atoms with van der Waals surface area (Å²) >= 11 is 2.42. The van der Waals surface area contributed by atoms with Gasteiger partial charge in [-0.05, 0) is 75.6 Å². The van der Waals surface area contributed by atoms with Gasteiger partial charge in [-0.1, -0.05) is 40.9 Å². The minimum Gasteiger partial charge on any atom is -0.508 e. The summed E-state index contributed by atoms with van der Waals surface area (Å²) < 4.78 is 3.62. The minimum absolute atomic E-state index is 0.116. The highest BCUT2D eigenvalue weighted by Gasteiger charge is 2.19. The van der Waals surface area contributed by atoms with Gasteiger partial charge in [-0.25, -0.2) is 14.6 Å². The van der Waals surface area contributed by atoms with Crippen LogP contribution in [0.3, 0.4) is 0 Å². The standard InChI is InChI=1S/C37H36N10O4S2/c1-18-7-11-26(48)21(4)31(18)41-34(50)28-15-38-36(52-28)40-30-13-20(3)44-47(30)17-23-9-10-24-25(14-23)46(6)45-33(24)43-37-39-16-29(53-37)35(51)42-32-19(2)8-12-27(49)22(32)5/h7-16,48-49H,17H2,1-6H3,(H,38,40)(H,41,50)(H,42,51)(H,39,43,45). The number of aromatic hydroxyl groups is 2. The molecule has 7 aromatic rings. The first-order valence-corrected chi connectivity index (χ1v) is 18.1. The van der Waals surface area contributed by atoms with E-state index in [9.17, 15) is 19.8 Å². The second-order valence-corrected chi connectivity index (χ2v) is 14.7. The van der Waals surface area contributed by atoms with Gasteiger partial charge in [0.1, 0.15) is 27.1 Å². The lowest BCUT2D eigenvalue weighted by molar-refractivity contribution is 0.102. The molecule has 7 rings (SSSR count). The lowest BCUT2D eigenvalue weighted by Crippen LogP contribution is -2.12. The summed E-state index contributed by atoms with van der Waals surface area (Å²) in [6.45, 7) is 9.62. The van der Waals surface area contributed by atoms with Crippen LogP contribution >= 0.6 is 22.7 Å². The van der Waals surface area contributed by atoms with E-state index in [4.69, 9.17) is 0 Å². The molecule has 53 heavy (non-hydrogen) atoms. The molecule has 14 nitrogen and oxygen atoms in total. The number of benzene rings is 3. The third-order valence-electron chi connectivity index (χ3n) is 8.84. The molecule has 16 heteroatoms. The fourth-order valence-corrected chi connectivity index (χ4v) is 7.35. The fraction of sp³-hybridized carbons (Fsp3) is 0.189. The zero-order valence-electron chi connectivity index (χ0n) is 29.7. The summed E-state index contributed by atoms with van der Waals surface area (Å²) in [6.07, 6.45) is 3.03. The topological polar surface area (TPSA) is 184 Å². The molecule has 0 saturated carbocycles. The maximum atomic E-state index is 13.1. The number of aryl methyl sites for hydroxylation is 4. The van der Waals surface area contributed by atoms with Crippen molar-refractivity contribution >= 4 is 78.7 Å². The van der Waals surface area contributed by atoms with Crippen molar-refractivity contribution in [1.29, 1.82) is 0 Å². The average molecular weight is 749 g/mol. The van der Waals surface area contributed by atoms with Crippen molar-refractivity contribution in [2.75, 3.05) is 21.3 Å². The molecule has 0 saturated heterocycles. The number of hydrogen-bond acceptors (Lipinski definition) is 12. The maximum Gasteiger partial charge on any atom is 0.267 e. The van der Waals surface area contributed by atoms with Gasteiger partial charge in [0.2, 0.25) is 0 Å². The van der Waals surface area contributed by atoms with E-state index < -0.39 is 0 Å². The lowest BCUT2D eigenvalue weighted by Gasteiger charge is -2.12. The zero-order valence-corrected chi connectivity index (χ0v) is 31.3. The van der Waals surface area contributed by atoms with Gasteiger partial charge in [-0.15, -0.1) is 0 Å². The molecule has 0 spiro atoms. The summed E-state index contributed by atoms with van der Waals surface area (Å²) in [5.41, 5.74) is 6.74. The average Bonchev–Trinajstić information content (AvgIpc) is 3.93. The van der Waals surface area contributed by atoms with Gasteiger partial charge >= 0.3 is 0 Å². The van der Waals surface area contributed by atoms with Crippen LogP contribution in [0.1, 0.15) is 52.9 Å². The summed E-state index contributed by atoms with van der Waals surface area (Å²) in [7, 11) is 1.86. The molecule has 0 aliphatic rings. The van der Waals surface area contributed by atoms with Crippen LogP contribution in [0.25, 0.3) is 10.9 Å². The summed E-state index contributed by atoms with van der Waals surface area (Å²) in [4.78, 5) is 35.8. The first-order chi connectivity index (χ1) is 25.3. The number of nitrogens with zero attached hydrogens (tertiary/aromatic N) is 6. The van der Waals surface area contributed by atoms with Crippen molar-refractivity contribution in [2.24, 2.45) is 7.05 Å². The molecule has 0 unspecified atom stereocenters. The third kappa shape index (κ3) is 7.14. The van der Waals surface area contributed by atoms with Crippen molar-refractivity contribution in [2.45, 2.75) is 41.2 Å². The molecule has 3 aromatic carbocycles. The Morgan fingerprint density at radius 3 is 1.89 bits per heavy atom.